The quantitative estimate of drug-likeness (QED) is 0.606. The molecule has 5 heteroatoms. The molecule has 0 radical (unpaired) electrons. The van der Waals surface area contributed by atoms with Crippen LogP contribution < -0.4 is 0 Å². The van der Waals surface area contributed by atoms with Crippen LogP contribution in [0.5, 0.6) is 0 Å². The lowest BCUT2D eigenvalue weighted by Crippen LogP contribution is -2.12. The predicted molar refractivity (Wildman–Crippen MR) is 46.0 cm³/mol. The average Bonchev–Trinajstić information content (AvgIpc) is 2.02. The van der Waals surface area contributed by atoms with Crippen LogP contribution in [-0.4, -0.2) is 25.2 Å². The minimum Gasteiger partial charge on any atom is -0.374 e. The molecule has 0 aromatic rings. The number of hydrogen-bond acceptors (Lipinski definition) is 2. The van der Waals surface area contributed by atoms with Gasteiger partial charge in [0.05, 0.1) is 0 Å². The lowest BCUT2D eigenvalue weighted by atomic mass is 10.2. The highest BCUT2D eigenvalue weighted by molar-refractivity contribution is 5.79. The summed E-state index contributed by atoms with van der Waals surface area (Å²) < 4.78 is 39.7. The van der Waals surface area contributed by atoms with Gasteiger partial charge >= 0.3 is 6.18 Å². The van der Waals surface area contributed by atoms with Crippen LogP contribution in [0.4, 0.5) is 13.2 Å². The first-order chi connectivity index (χ1) is 6.45. The number of rotatable bonds is 7. The number of alkyl halides is 3. The molecule has 0 rings (SSSR count). The van der Waals surface area contributed by atoms with E-state index in [1.54, 1.807) is 0 Å². The first-order valence-electron chi connectivity index (χ1n) is 4.62. The van der Waals surface area contributed by atoms with Gasteiger partial charge in [0.1, 0.15) is 6.61 Å². The summed E-state index contributed by atoms with van der Waals surface area (Å²) in [6.45, 7) is 1.79. The Morgan fingerprint density at radius 2 is 2.00 bits per heavy atom. The molecule has 0 fully saturated rings. The number of ether oxygens (including phenoxy) is 1. The number of ketones is 1. The third-order valence-corrected chi connectivity index (χ3v) is 1.54. The molecule has 84 valence electrons. The number of Topliss-reactive ketones (excluding diaryl/α,β-unsaturated/α-hetero) is 1. The van der Waals surface area contributed by atoms with E-state index in [1.165, 1.54) is 0 Å². The fourth-order valence-electron chi connectivity index (χ4n) is 0.912. The van der Waals surface area contributed by atoms with Crippen LogP contribution in [0, 0.1) is 0 Å². The zero-order valence-corrected chi connectivity index (χ0v) is 8.19. The van der Waals surface area contributed by atoms with Gasteiger partial charge in [0.2, 0.25) is 0 Å². The van der Waals surface area contributed by atoms with Crippen molar-refractivity contribution in [3.63, 3.8) is 0 Å². The van der Waals surface area contributed by atoms with Crippen molar-refractivity contribution in [1.29, 1.82) is 0 Å². The Labute approximate surface area is 81.4 Å². The summed E-state index contributed by atoms with van der Waals surface area (Å²) in [5.74, 6) is -0.0560. The van der Waals surface area contributed by atoms with Gasteiger partial charge in [0.15, 0.2) is 5.78 Å². The van der Waals surface area contributed by atoms with Gasteiger partial charge in [-0.05, 0) is 12.8 Å². The first kappa shape index (κ1) is 13.4. The average molecular weight is 212 g/mol. The standard InChI is InChI=1S/C9H15F3O2/c1-2-4-8(13)7-14-6-3-5-9(10,11)12/h2-7H2,1H3. The monoisotopic (exact) mass is 212 g/mol. The molecule has 0 amide bonds. The number of carbonyl (C=O) groups is 1. The summed E-state index contributed by atoms with van der Waals surface area (Å²) >= 11 is 0. The zero-order valence-electron chi connectivity index (χ0n) is 8.19. The van der Waals surface area contributed by atoms with Crippen LogP contribution in [0.3, 0.4) is 0 Å². The van der Waals surface area contributed by atoms with Crippen molar-refractivity contribution in [2.45, 2.75) is 38.8 Å². The highest BCUT2D eigenvalue weighted by Crippen LogP contribution is 2.20. The minimum atomic E-state index is -4.13. The molecule has 0 unspecified atom stereocenters. The van der Waals surface area contributed by atoms with Crippen molar-refractivity contribution in [2.24, 2.45) is 0 Å². The van der Waals surface area contributed by atoms with Gasteiger partial charge in [0.25, 0.3) is 0 Å². The van der Waals surface area contributed by atoms with Crippen LogP contribution in [0.25, 0.3) is 0 Å². The molecule has 0 aliphatic rings. The highest BCUT2D eigenvalue weighted by Gasteiger charge is 2.25. The summed E-state index contributed by atoms with van der Waals surface area (Å²) in [5.41, 5.74) is 0. The molecule has 14 heavy (non-hydrogen) atoms. The molecule has 0 aromatic heterocycles. The predicted octanol–water partition coefficient (Wildman–Crippen LogP) is 2.71. The van der Waals surface area contributed by atoms with Crippen molar-refractivity contribution in [2.75, 3.05) is 13.2 Å². The normalized spacial score (nSPS) is 11.7. The second kappa shape index (κ2) is 6.81. The molecule has 0 bridgehead atoms. The lowest BCUT2D eigenvalue weighted by Gasteiger charge is -2.06. The van der Waals surface area contributed by atoms with Crippen LogP contribution in [0.1, 0.15) is 32.6 Å². The van der Waals surface area contributed by atoms with E-state index in [9.17, 15) is 18.0 Å². The summed E-state index contributed by atoms with van der Waals surface area (Å²) in [6.07, 6.45) is -3.89. The van der Waals surface area contributed by atoms with E-state index in [0.29, 0.717) is 6.42 Å². The fraction of sp³-hybridized carbons (Fsp3) is 0.889. The van der Waals surface area contributed by atoms with Crippen molar-refractivity contribution in [3.8, 4) is 0 Å². The van der Waals surface area contributed by atoms with E-state index in [2.05, 4.69) is 0 Å². The molecule has 0 saturated heterocycles. The third-order valence-electron chi connectivity index (χ3n) is 1.54. The van der Waals surface area contributed by atoms with Crippen molar-refractivity contribution in [1.82, 2.24) is 0 Å². The Bertz CT molecular complexity index is 166. The fourth-order valence-corrected chi connectivity index (χ4v) is 0.912. The summed E-state index contributed by atoms with van der Waals surface area (Å²) in [4.78, 5) is 10.9. The maximum Gasteiger partial charge on any atom is 0.389 e. The number of hydrogen-bond donors (Lipinski definition) is 0. The molecule has 0 saturated carbocycles. The van der Waals surface area contributed by atoms with Crippen molar-refractivity contribution >= 4 is 5.78 Å². The van der Waals surface area contributed by atoms with Crippen LogP contribution in [-0.2, 0) is 9.53 Å². The molecule has 0 N–H and O–H groups in total. The number of halogens is 3. The zero-order chi connectivity index (χ0) is 11.0. The molecule has 0 spiro atoms. The Kier molecular flexibility index (Phi) is 6.53. The van der Waals surface area contributed by atoms with Gasteiger partial charge in [-0.2, -0.15) is 13.2 Å². The van der Waals surface area contributed by atoms with Gasteiger partial charge in [-0.3, -0.25) is 4.79 Å². The summed E-state index contributed by atoms with van der Waals surface area (Å²) in [6, 6.07) is 0. The van der Waals surface area contributed by atoms with Gasteiger partial charge in [-0.25, -0.2) is 0 Å². The maximum absolute atomic E-state index is 11.6. The molecular formula is C9H15F3O2. The van der Waals surface area contributed by atoms with Gasteiger partial charge in [0, 0.05) is 19.4 Å². The molecular weight excluding hydrogens is 197 g/mol. The number of carbonyl (C=O) groups excluding carboxylic acids is 1. The summed E-state index contributed by atoms with van der Waals surface area (Å²) in [7, 11) is 0. The molecule has 0 atom stereocenters. The first-order valence-corrected chi connectivity index (χ1v) is 4.62. The minimum absolute atomic E-state index is 0.00500. The third kappa shape index (κ3) is 9.51. The molecule has 0 aliphatic carbocycles. The smallest absolute Gasteiger partial charge is 0.374 e. The van der Waals surface area contributed by atoms with E-state index < -0.39 is 12.6 Å². The summed E-state index contributed by atoms with van der Waals surface area (Å²) in [5, 5.41) is 0. The highest BCUT2D eigenvalue weighted by atomic mass is 19.4. The van der Waals surface area contributed by atoms with E-state index in [-0.39, 0.29) is 25.4 Å². The van der Waals surface area contributed by atoms with E-state index in [4.69, 9.17) is 4.74 Å². The van der Waals surface area contributed by atoms with Crippen LogP contribution in [0.15, 0.2) is 0 Å². The SMILES string of the molecule is CCCC(=O)COCCCC(F)(F)F. The van der Waals surface area contributed by atoms with Gasteiger partial charge in [-0.1, -0.05) is 6.92 Å². The van der Waals surface area contributed by atoms with Gasteiger partial charge < -0.3 is 4.74 Å². The molecule has 0 aromatic carbocycles. The molecule has 0 aliphatic heterocycles. The van der Waals surface area contributed by atoms with E-state index >= 15 is 0 Å². The Hall–Kier alpha value is -0.580. The Morgan fingerprint density at radius 3 is 2.50 bits per heavy atom. The molecule has 2 nitrogen and oxygen atoms in total. The van der Waals surface area contributed by atoms with Gasteiger partial charge in [-0.15, -0.1) is 0 Å². The van der Waals surface area contributed by atoms with E-state index in [0.717, 1.165) is 6.42 Å². The Balaban J connectivity index is 3.26. The topological polar surface area (TPSA) is 26.3 Å². The second-order valence-electron chi connectivity index (χ2n) is 3.06. The second-order valence-corrected chi connectivity index (χ2v) is 3.06. The van der Waals surface area contributed by atoms with Crippen molar-refractivity contribution in [3.05, 3.63) is 0 Å². The lowest BCUT2D eigenvalue weighted by molar-refractivity contribution is -0.138. The maximum atomic E-state index is 11.6. The molecule has 0 heterocycles. The van der Waals surface area contributed by atoms with Crippen molar-refractivity contribution < 1.29 is 22.7 Å². The largest absolute Gasteiger partial charge is 0.389 e. The van der Waals surface area contributed by atoms with E-state index in [1.807, 2.05) is 6.92 Å². The Morgan fingerprint density at radius 1 is 1.36 bits per heavy atom. The van der Waals surface area contributed by atoms with Crippen LogP contribution in [0.2, 0.25) is 0 Å². The van der Waals surface area contributed by atoms with Crippen LogP contribution >= 0.6 is 0 Å².